The van der Waals surface area contributed by atoms with Gasteiger partial charge in [-0.25, -0.2) is 0 Å². The Morgan fingerprint density at radius 2 is 2.26 bits per heavy atom. The highest BCUT2D eigenvalue weighted by Gasteiger charge is 2.17. The molecular formula is C12H12N6O. The van der Waals surface area contributed by atoms with Gasteiger partial charge in [-0.2, -0.15) is 15.2 Å². The Labute approximate surface area is 109 Å². The highest BCUT2D eigenvalue weighted by Crippen LogP contribution is 2.19. The summed E-state index contributed by atoms with van der Waals surface area (Å²) in [6, 6.07) is 3.44. The largest absolute Gasteiger partial charge is 0.337 e. The first-order valence-electron chi connectivity index (χ1n) is 5.86. The van der Waals surface area contributed by atoms with Gasteiger partial charge in [-0.3, -0.25) is 4.68 Å². The second-order valence-electron chi connectivity index (χ2n) is 4.24. The Bertz CT molecular complexity index is 674. The summed E-state index contributed by atoms with van der Waals surface area (Å²) in [6.07, 6.45) is 5.31. The van der Waals surface area contributed by atoms with Crippen LogP contribution in [0.4, 0.5) is 0 Å². The quantitative estimate of drug-likeness (QED) is 0.708. The minimum Gasteiger partial charge on any atom is -0.337 e. The summed E-state index contributed by atoms with van der Waals surface area (Å²) in [6.45, 7) is 3.93. The van der Waals surface area contributed by atoms with E-state index in [-0.39, 0.29) is 6.04 Å². The first kappa shape index (κ1) is 11.5. The Morgan fingerprint density at radius 1 is 1.37 bits per heavy atom. The summed E-state index contributed by atoms with van der Waals surface area (Å²) < 4.78 is 7.04. The summed E-state index contributed by atoms with van der Waals surface area (Å²) >= 11 is 0. The third-order valence-electron chi connectivity index (χ3n) is 2.73. The van der Waals surface area contributed by atoms with E-state index >= 15 is 0 Å². The summed E-state index contributed by atoms with van der Waals surface area (Å²) in [5, 5.41) is 15.9. The van der Waals surface area contributed by atoms with E-state index in [0.29, 0.717) is 17.4 Å². The lowest BCUT2D eigenvalue weighted by Crippen LogP contribution is -2.07. The fourth-order valence-corrected chi connectivity index (χ4v) is 1.69. The van der Waals surface area contributed by atoms with Crippen molar-refractivity contribution < 1.29 is 4.52 Å². The van der Waals surface area contributed by atoms with Gasteiger partial charge in [0.1, 0.15) is 11.7 Å². The van der Waals surface area contributed by atoms with E-state index in [0.717, 1.165) is 5.56 Å². The van der Waals surface area contributed by atoms with Crippen LogP contribution in [-0.4, -0.2) is 30.1 Å². The fourth-order valence-electron chi connectivity index (χ4n) is 1.69. The number of rotatable bonds is 3. The van der Waals surface area contributed by atoms with Gasteiger partial charge in [0.15, 0.2) is 0 Å². The van der Waals surface area contributed by atoms with Gasteiger partial charge in [0, 0.05) is 12.4 Å². The zero-order valence-electron chi connectivity index (χ0n) is 10.6. The lowest BCUT2D eigenvalue weighted by Gasteiger charge is -2.05. The first-order chi connectivity index (χ1) is 9.24. The van der Waals surface area contributed by atoms with Gasteiger partial charge in [0.05, 0.1) is 6.20 Å². The molecule has 1 atom stereocenters. The molecule has 0 aliphatic heterocycles. The minimum atomic E-state index is -0.119. The molecule has 0 unspecified atom stereocenters. The van der Waals surface area contributed by atoms with E-state index in [1.165, 1.54) is 0 Å². The van der Waals surface area contributed by atoms with Crippen LogP contribution in [0.1, 0.15) is 24.4 Å². The molecule has 0 saturated carbocycles. The molecule has 3 rings (SSSR count). The molecule has 96 valence electrons. The number of hydrogen-bond donors (Lipinski definition) is 0. The van der Waals surface area contributed by atoms with Gasteiger partial charge < -0.3 is 4.52 Å². The van der Waals surface area contributed by atoms with Crippen molar-refractivity contribution in [2.45, 2.75) is 19.9 Å². The first-order valence-corrected chi connectivity index (χ1v) is 5.86. The topological polar surface area (TPSA) is 82.5 Å². The standard InChI is InChI=1S/C12H12N6O/c1-8-6-14-18(7-8)9(2)12-15-11(17-19-12)10-4-3-5-13-16-10/h3-7,9H,1-2H3/t9-/m1/s1. The molecule has 0 bridgehead atoms. The number of hydrogen-bond acceptors (Lipinski definition) is 6. The zero-order valence-corrected chi connectivity index (χ0v) is 10.6. The molecule has 0 aliphatic carbocycles. The van der Waals surface area contributed by atoms with Crippen molar-refractivity contribution in [3.8, 4) is 11.5 Å². The molecule has 0 spiro atoms. The van der Waals surface area contributed by atoms with E-state index in [2.05, 4.69) is 25.4 Å². The molecule has 3 heterocycles. The second kappa shape index (κ2) is 4.60. The Morgan fingerprint density at radius 3 is 2.95 bits per heavy atom. The molecule has 3 aromatic rings. The lowest BCUT2D eigenvalue weighted by atomic mass is 10.3. The summed E-state index contributed by atoms with van der Waals surface area (Å²) in [5.74, 6) is 0.919. The predicted octanol–water partition coefficient (Wildman–Crippen LogP) is 1.64. The van der Waals surface area contributed by atoms with Crippen LogP contribution in [0.3, 0.4) is 0 Å². The summed E-state index contributed by atoms with van der Waals surface area (Å²) in [7, 11) is 0. The predicted molar refractivity (Wildman–Crippen MR) is 66.1 cm³/mol. The van der Waals surface area contributed by atoms with Gasteiger partial charge in [-0.15, -0.1) is 5.10 Å². The van der Waals surface area contributed by atoms with Gasteiger partial charge in [-0.05, 0) is 31.5 Å². The Balaban J connectivity index is 1.89. The highest BCUT2D eigenvalue weighted by atomic mass is 16.5. The van der Waals surface area contributed by atoms with Crippen LogP contribution in [0.15, 0.2) is 35.2 Å². The van der Waals surface area contributed by atoms with Crippen molar-refractivity contribution in [2.75, 3.05) is 0 Å². The molecule has 0 N–H and O–H groups in total. The maximum atomic E-state index is 5.25. The Kier molecular flexibility index (Phi) is 2.79. The average Bonchev–Trinajstić information content (AvgIpc) is 3.08. The van der Waals surface area contributed by atoms with Crippen molar-refractivity contribution in [1.29, 1.82) is 0 Å². The van der Waals surface area contributed by atoms with Crippen LogP contribution < -0.4 is 0 Å². The van der Waals surface area contributed by atoms with Crippen LogP contribution in [0.2, 0.25) is 0 Å². The van der Waals surface area contributed by atoms with Crippen molar-refractivity contribution in [3.63, 3.8) is 0 Å². The monoisotopic (exact) mass is 256 g/mol. The zero-order chi connectivity index (χ0) is 13.2. The van der Waals surface area contributed by atoms with Crippen molar-refractivity contribution in [3.05, 3.63) is 42.2 Å². The number of nitrogens with zero attached hydrogens (tertiary/aromatic N) is 6. The molecule has 0 radical (unpaired) electrons. The van der Waals surface area contributed by atoms with E-state index in [4.69, 9.17) is 4.52 Å². The highest BCUT2D eigenvalue weighted by molar-refractivity contribution is 5.46. The average molecular weight is 256 g/mol. The lowest BCUT2D eigenvalue weighted by molar-refractivity contribution is 0.336. The van der Waals surface area contributed by atoms with E-state index in [1.54, 1.807) is 29.2 Å². The molecular weight excluding hydrogens is 244 g/mol. The maximum Gasteiger partial charge on any atom is 0.251 e. The van der Waals surface area contributed by atoms with Crippen LogP contribution in [-0.2, 0) is 0 Å². The van der Waals surface area contributed by atoms with Crippen LogP contribution in [0.5, 0.6) is 0 Å². The van der Waals surface area contributed by atoms with Gasteiger partial charge in [0.2, 0.25) is 5.82 Å². The summed E-state index contributed by atoms with van der Waals surface area (Å²) in [4.78, 5) is 4.32. The molecule has 0 saturated heterocycles. The smallest absolute Gasteiger partial charge is 0.251 e. The Hall–Kier alpha value is -2.57. The summed E-state index contributed by atoms with van der Waals surface area (Å²) in [5.41, 5.74) is 1.67. The number of aromatic nitrogens is 6. The van der Waals surface area contributed by atoms with Crippen molar-refractivity contribution in [1.82, 2.24) is 30.1 Å². The molecule has 19 heavy (non-hydrogen) atoms. The maximum absolute atomic E-state index is 5.25. The van der Waals surface area contributed by atoms with Gasteiger partial charge in [-0.1, -0.05) is 5.16 Å². The van der Waals surface area contributed by atoms with Crippen LogP contribution >= 0.6 is 0 Å². The third-order valence-corrected chi connectivity index (χ3v) is 2.73. The van der Waals surface area contributed by atoms with Crippen LogP contribution in [0, 0.1) is 6.92 Å². The molecule has 0 fully saturated rings. The van der Waals surface area contributed by atoms with Gasteiger partial charge in [0.25, 0.3) is 5.89 Å². The number of aryl methyl sites for hydroxylation is 1. The molecule has 0 aromatic carbocycles. The van der Waals surface area contributed by atoms with E-state index in [1.807, 2.05) is 20.0 Å². The van der Waals surface area contributed by atoms with E-state index in [9.17, 15) is 0 Å². The van der Waals surface area contributed by atoms with Gasteiger partial charge >= 0.3 is 0 Å². The molecule has 7 nitrogen and oxygen atoms in total. The SMILES string of the molecule is Cc1cnn([C@H](C)c2nc(-c3cccnn3)no2)c1. The van der Waals surface area contributed by atoms with Crippen molar-refractivity contribution >= 4 is 0 Å². The molecule has 3 aromatic heterocycles. The van der Waals surface area contributed by atoms with Crippen molar-refractivity contribution in [2.24, 2.45) is 0 Å². The normalized spacial score (nSPS) is 12.5. The fraction of sp³-hybridized carbons (Fsp3) is 0.250. The van der Waals surface area contributed by atoms with E-state index < -0.39 is 0 Å². The molecule has 0 amide bonds. The molecule has 0 aliphatic rings. The minimum absolute atomic E-state index is 0.119. The van der Waals surface area contributed by atoms with Crippen LogP contribution in [0.25, 0.3) is 11.5 Å². The second-order valence-corrected chi connectivity index (χ2v) is 4.24. The molecule has 7 heteroatoms. The third kappa shape index (κ3) is 2.22.